The molecule has 1 unspecified atom stereocenters. The zero-order chi connectivity index (χ0) is 12.1. The van der Waals surface area contributed by atoms with Crippen LogP contribution in [0.3, 0.4) is 0 Å². The van der Waals surface area contributed by atoms with Gasteiger partial charge in [-0.1, -0.05) is 19.9 Å². The number of hydrogen-bond donors (Lipinski definition) is 1. The summed E-state index contributed by atoms with van der Waals surface area (Å²) in [6.45, 7) is 13.4. The minimum Gasteiger partial charge on any atom is -0.443 e. The van der Waals surface area contributed by atoms with Gasteiger partial charge >= 0.3 is 5.97 Å². The molecule has 1 atom stereocenters. The van der Waals surface area contributed by atoms with Gasteiger partial charge in [0.25, 0.3) is 0 Å². The van der Waals surface area contributed by atoms with Crippen molar-refractivity contribution in [1.82, 2.24) is 5.32 Å². The number of hydrogen-bond acceptors (Lipinski definition) is 3. The summed E-state index contributed by atoms with van der Waals surface area (Å²) in [7, 11) is 0. The molecule has 0 rings (SSSR count). The molecule has 0 radical (unpaired) electrons. The fourth-order valence-electron chi connectivity index (χ4n) is 1.14. The van der Waals surface area contributed by atoms with Crippen LogP contribution in [0.1, 0.15) is 47.5 Å². The lowest BCUT2D eigenvalue weighted by molar-refractivity contribution is -0.147. The van der Waals surface area contributed by atoms with Crippen molar-refractivity contribution in [3.8, 4) is 0 Å². The molecule has 0 fully saturated rings. The second-order valence-electron chi connectivity index (χ2n) is 4.86. The molecule has 0 amide bonds. The maximum absolute atomic E-state index is 11.4. The van der Waals surface area contributed by atoms with Crippen LogP contribution in [0.2, 0.25) is 0 Å². The Balaban J connectivity index is 4.28. The first-order chi connectivity index (χ1) is 6.76. The highest BCUT2D eigenvalue weighted by molar-refractivity contribution is 5.87. The van der Waals surface area contributed by atoms with E-state index in [-0.39, 0.29) is 17.7 Å². The van der Waals surface area contributed by atoms with Gasteiger partial charge in [0.15, 0.2) is 6.23 Å². The lowest BCUT2D eigenvalue weighted by Gasteiger charge is -2.28. The molecule has 0 heterocycles. The summed E-state index contributed by atoms with van der Waals surface area (Å²) in [6.07, 6.45) is 1.56. The van der Waals surface area contributed by atoms with Crippen molar-refractivity contribution in [2.45, 2.75) is 59.2 Å². The fraction of sp³-hybridized carbons (Fsp3) is 0.750. The zero-order valence-electron chi connectivity index (χ0n) is 10.5. The van der Waals surface area contributed by atoms with E-state index in [9.17, 15) is 4.79 Å². The molecular weight excluding hydrogens is 190 g/mol. The average molecular weight is 213 g/mol. The highest BCUT2D eigenvalue weighted by Gasteiger charge is 2.19. The minimum absolute atomic E-state index is 0.0603. The van der Waals surface area contributed by atoms with Crippen LogP contribution in [-0.4, -0.2) is 17.7 Å². The highest BCUT2D eigenvalue weighted by atomic mass is 16.6. The van der Waals surface area contributed by atoms with Crippen LogP contribution in [0.5, 0.6) is 0 Å². The average Bonchev–Trinajstić information content (AvgIpc) is 2.00. The van der Waals surface area contributed by atoms with E-state index < -0.39 is 0 Å². The van der Waals surface area contributed by atoms with Crippen LogP contribution >= 0.6 is 0 Å². The third kappa shape index (κ3) is 7.14. The van der Waals surface area contributed by atoms with Crippen molar-refractivity contribution in [2.24, 2.45) is 0 Å². The van der Waals surface area contributed by atoms with Crippen LogP contribution < -0.4 is 5.32 Å². The second-order valence-corrected chi connectivity index (χ2v) is 4.86. The Kier molecular flexibility index (Phi) is 5.58. The van der Waals surface area contributed by atoms with E-state index in [1.54, 1.807) is 6.92 Å². The maximum atomic E-state index is 11.4. The first kappa shape index (κ1) is 14.2. The molecule has 0 aliphatic heterocycles. The van der Waals surface area contributed by atoms with Crippen molar-refractivity contribution >= 4 is 5.97 Å². The van der Waals surface area contributed by atoms with Gasteiger partial charge in [0.05, 0.1) is 0 Å². The van der Waals surface area contributed by atoms with Crippen molar-refractivity contribution in [3.05, 3.63) is 12.2 Å². The number of nitrogens with one attached hydrogen (secondary N) is 1. The predicted molar refractivity (Wildman–Crippen MR) is 62.5 cm³/mol. The summed E-state index contributed by atoms with van der Waals surface area (Å²) in [5, 5.41) is 3.26. The van der Waals surface area contributed by atoms with Crippen LogP contribution in [0.15, 0.2) is 12.2 Å². The molecule has 3 heteroatoms. The van der Waals surface area contributed by atoms with Crippen molar-refractivity contribution in [2.75, 3.05) is 0 Å². The fourth-order valence-corrected chi connectivity index (χ4v) is 1.14. The topological polar surface area (TPSA) is 38.3 Å². The van der Waals surface area contributed by atoms with E-state index in [1.165, 1.54) is 0 Å². The summed E-state index contributed by atoms with van der Waals surface area (Å²) in [5.41, 5.74) is 0.377. The SMILES string of the molecule is C=C(C)C(=O)OC(CCC)NC(C)(C)C. The van der Waals surface area contributed by atoms with Crippen LogP contribution in [0.25, 0.3) is 0 Å². The molecule has 3 nitrogen and oxygen atoms in total. The molecule has 0 saturated carbocycles. The number of ether oxygens (including phenoxy) is 1. The molecule has 0 aromatic heterocycles. The van der Waals surface area contributed by atoms with E-state index in [4.69, 9.17) is 4.74 Å². The van der Waals surface area contributed by atoms with Gasteiger partial charge in [-0.2, -0.15) is 0 Å². The maximum Gasteiger partial charge on any atom is 0.334 e. The van der Waals surface area contributed by atoms with E-state index in [0.29, 0.717) is 5.57 Å². The van der Waals surface area contributed by atoms with Gasteiger partial charge in [-0.05, 0) is 34.1 Å². The first-order valence-corrected chi connectivity index (χ1v) is 5.40. The van der Waals surface area contributed by atoms with Gasteiger partial charge in [0.2, 0.25) is 0 Å². The molecule has 0 aromatic carbocycles. The van der Waals surface area contributed by atoms with Gasteiger partial charge in [0.1, 0.15) is 0 Å². The molecule has 0 bridgehead atoms. The van der Waals surface area contributed by atoms with Gasteiger partial charge in [-0.3, -0.25) is 5.32 Å². The zero-order valence-corrected chi connectivity index (χ0v) is 10.5. The third-order valence-corrected chi connectivity index (χ3v) is 1.74. The largest absolute Gasteiger partial charge is 0.443 e. The van der Waals surface area contributed by atoms with E-state index >= 15 is 0 Å². The van der Waals surface area contributed by atoms with Crippen molar-refractivity contribution in [1.29, 1.82) is 0 Å². The van der Waals surface area contributed by atoms with Crippen molar-refractivity contribution < 1.29 is 9.53 Å². The number of carbonyl (C=O) groups excluding carboxylic acids is 1. The van der Waals surface area contributed by atoms with Crippen LogP contribution in [-0.2, 0) is 9.53 Å². The summed E-state index contributed by atoms with van der Waals surface area (Å²) < 4.78 is 5.28. The standard InChI is InChI=1S/C12H23NO2/c1-7-8-10(13-12(4,5)6)15-11(14)9(2)3/h10,13H,2,7-8H2,1,3-6H3. The normalized spacial score (nSPS) is 13.4. The Hall–Kier alpha value is -0.830. The Labute approximate surface area is 92.9 Å². The lowest BCUT2D eigenvalue weighted by Crippen LogP contribution is -2.45. The monoisotopic (exact) mass is 213 g/mol. The van der Waals surface area contributed by atoms with Gasteiger partial charge < -0.3 is 4.74 Å². The number of carbonyl (C=O) groups is 1. The Morgan fingerprint density at radius 1 is 1.47 bits per heavy atom. The Morgan fingerprint density at radius 2 is 2.00 bits per heavy atom. The molecule has 0 aromatic rings. The predicted octanol–water partition coefficient (Wildman–Crippen LogP) is 2.62. The lowest BCUT2D eigenvalue weighted by atomic mass is 10.1. The third-order valence-electron chi connectivity index (χ3n) is 1.74. The first-order valence-electron chi connectivity index (χ1n) is 5.40. The molecule has 0 aliphatic carbocycles. The van der Waals surface area contributed by atoms with Gasteiger partial charge in [-0.25, -0.2) is 4.79 Å². The quantitative estimate of drug-likeness (QED) is 0.433. The number of rotatable bonds is 5. The highest BCUT2D eigenvalue weighted by Crippen LogP contribution is 2.08. The number of esters is 1. The van der Waals surface area contributed by atoms with Gasteiger partial charge in [-0.15, -0.1) is 0 Å². The summed E-state index contributed by atoms with van der Waals surface area (Å²) >= 11 is 0. The molecule has 0 saturated heterocycles. The molecule has 88 valence electrons. The second kappa shape index (κ2) is 5.91. The minimum atomic E-state index is -0.329. The Morgan fingerprint density at radius 3 is 2.33 bits per heavy atom. The smallest absolute Gasteiger partial charge is 0.334 e. The van der Waals surface area contributed by atoms with Crippen LogP contribution in [0, 0.1) is 0 Å². The van der Waals surface area contributed by atoms with E-state index in [0.717, 1.165) is 12.8 Å². The Bertz CT molecular complexity index is 228. The van der Waals surface area contributed by atoms with E-state index in [2.05, 4.69) is 18.8 Å². The molecule has 0 aliphatic rings. The molecule has 0 spiro atoms. The van der Waals surface area contributed by atoms with Crippen molar-refractivity contribution in [3.63, 3.8) is 0 Å². The van der Waals surface area contributed by atoms with Gasteiger partial charge in [0, 0.05) is 11.1 Å². The van der Waals surface area contributed by atoms with Crippen LogP contribution in [0.4, 0.5) is 0 Å². The van der Waals surface area contributed by atoms with E-state index in [1.807, 2.05) is 20.8 Å². The molecule has 15 heavy (non-hydrogen) atoms. The molecular formula is C12H23NO2. The summed E-state index contributed by atoms with van der Waals surface area (Å²) in [4.78, 5) is 11.4. The summed E-state index contributed by atoms with van der Waals surface area (Å²) in [5.74, 6) is -0.329. The summed E-state index contributed by atoms with van der Waals surface area (Å²) in [6, 6.07) is 0. The molecule has 1 N–H and O–H groups in total.